The molecule has 0 spiro atoms. The Bertz CT molecular complexity index is 376. The summed E-state index contributed by atoms with van der Waals surface area (Å²) in [7, 11) is 0. The first-order valence-corrected chi connectivity index (χ1v) is 6.52. The molecule has 6 heteroatoms. The van der Waals surface area contributed by atoms with Gasteiger partial charge in [0.15, 0.2) is 0 Å². The number of rotatable bonds is 4. The van der Waals surface area contributed by atoms with Gasteiger partial charge in [0, 0.05) is 25.7 Å². The fourth-order valence-corrected chi connectivity index (χ4v) is 3.10. The van der Waals surface area contributed by atoms with E-state index in [-0.39, 0.29) is 0 Å². The van der Waals surface area contributed by atoms with E-state index in [1.165, 1.54) is 32.6 Å². The van der Waals surface area contributed by atoms with Crippen LogP contribution < -0.4 is 5.32 Å². The highest BCUT2D eigenvalue weighted by atomic mass is 15.5. The van der Waals surface area contributed by atoms with E-state index in [2.05, 4.69) is 25.7 Å². The highest BCUT2D eigenvalue weighted by molar-refractivity contribution is 4.94. The predicted octanol–water partition coefficient (Wildman–Crippen LogP) is -0.335. The van der Waals surface area contributed by atoms with Crippen LogP contribution in [0.4, 0.5) is 0 Å². The zero-order valence-corrected chi connectivity index (χ0v) is 10.3. The zero-order valence-electron chi connectivity index (χ0n) is 10.3. The number of aromatic nitrogens is 4. The number of nitrogens with one attached hydrogen (secondary N) is 1. The van der Waals surface area contributed by atoms with E-state index in [1.54, 1.807) is 0 Å². The summed E-state index contributed by atoms with van der Waals surface area (Å²) in [6, 6.07) is 0.782. The van der Waals surface area contributed by atoms with Gasteiger partial charge in [-0.25, -0.2) is 4.68 Å². The van der Waals surface area contributed by atoms with E-state index in [0.717, 1.165) is 30.7 Å². The maximum Gasteiger partial charge on any atom is 0.148 e. The summed E-state index contributed by atoms with van der Waals surface area (Å²) < 4.78 is 1.89. The van der Waals surface area contributed by atoms with Crippen molar-refractivity contribution in [3.8, 4) is 0 Å². The van der Waals surface area contributed by atoms with Gasteiger partial charge in [-0.15, -0.1) is 5.10 Å². The van der Waals surface area contributed by atoms with Gasteiger partial charge in [0.25, 0.3) is 0 Å². The van der Waals surface area contributed by atoms with Crippen LogP contribution >= 0.6 is 0 Å². The van der Waals surface area contributed by atoms with Gasteiger partial charge in [-0.3, -0.25) is 4.90 Å². The third-order valence-electron chi connectivity index (χ3n) is 4.09. The van der Waals surface area contributed by atoms with Gasteiger partial charge >= 0.3 is 0 Å². The molecule has 3 heterocycles. The summed E-state index contributed by atoms with van der Waals surface area (Å²) in [6.07, 6.45) is 2.50. The molecule has 0 unspecified atom stereocenters. The van der Waals surface area contributed by atoms with Crippen molar-refractivity contribution in [3.05, 3.63) is 5.82 Å². The third-order valence-corrected chi connectivity index (χ3v) is 4.09. The lowest BCUT2D eigenvalue weighted by molar-refractivity contribution is 0.243. The number of fused-ring (bicyclic) bond motifs is 1. The number of nitrogens with zero attached hydrogens (tertiary/aromatic N) is 5. The van der Waals surface area contributed by atoms with Gasteiger partial charge in [-0.1, -0.05) is 0 Å². The summed E-state index contributed by atoms with van der Waals surface area (Å²) in [4.78, 5) is 2.63. The summed E-state index contributed by atoms with van der Waals surface area (Å²) >= 11 is 0. The van der Waals surface area contributed by atoms with Crippen LogP contribution in [0.1, 0.15) is 18.7 Å². The highest BCUT2D eigenvalue weighted by Crippen LogP contribution is 2.26. The minimum atomic E-state index is 0.782. The Morgan fingerprint density at radius 3 is 3.12 bits per heavy atom. The molecule has 2 aliphatic rings. The standard InChI is InChI=1S/C11H20N6/c1-9-13-14-15-17(9)5-2-4-16-6-3-10-7-12-8-11(10)16/h10-12H,2-8H2,1H3/t10-,11+/m1/s1. The fraction of sp³-hybridized carbons (Fsp3) is 0.909. The van der Waals surface area contributed by atoms with Crippen LogP contribution in [0.25, 0.3) is 0 Å². The summed E-state index contributed by atoms with van der Waals surface area (Å²) in [5.74, 6) is 1.80. The lowest BCUT2D eigenvalue weighted by atomic mass is 10.1. The van der Waals surface area contributed by atoms with Crippen molar-refractivity contribution in [1.29, 1.82) is 0 Å². The zero-order chi connectivity index (χ0) is 11.7. The number of tetrazole rings is 1. The predicted molar refractivity (Wildman–Crippen MR) is 63.5 cm³/mol. The third kappa shape index (κ3) is 2.19. The topological polar surface area (TPSA) is 58.9 Å². The molecule has 0 bridgehead atoms. The first-order chi connectivity index (χ1) is 8.34. The largest absolute Gasteiger partial charge is 0.315 e. The Morgan fingerprint density at radius 1 is 1.35 bits per heavy atom. The average molecular weight is 236 g/mol. The molecular formula is C11H20N6. The summed E-state index contributed by atoms with van der Waals surface area (Å²) in [5.41, 5.74) is 0. The van der Waals surface area contributed by atoms with Crippen molar-refractivity contribution in [2.24, 2.45) is 5.92 Å². The van der Waals surface area contributed by atoms with Gasteiger partial charge < -0.3 is 5.32 Å². The van der Waals surface area contributed by atoms with E-state index in [9.17, 15) is 0 Å². The molecule has 2 saturated heterocycles. The van der Waals surface area contributed by atoms with Crippen molar-refractivity contribution < 1.29 is 0 Å². The Morgan fingerprint density at radius 2 is 2.29 bits per heavy atom. The Hall–Kier alpha value is -1.01. The molecule has 1 aromatic heterocycles. The molecule has 2 aliphatic heterocycles. The van der Waals surface area contributed by atoms with Gasteiger partial charge in [0.1, 0.15) is 5.82 Å². The monoisotopic (exact) mass is 236 g/mol. The first kappa shape index (κ1) is 11.1. The Balaban J connectivity index is 1.47. The van der Waals surface area contributed by atoms with Gasteiger partial charge in [0.2, 0.25) is 0 Å². The molecule has 0 aliphatic carbocycles. The van der Waals surface area contributed by atoms with E-state index in [0.29, 0.717) is 0 Å². The summed E-state index contributed by atoms with van der Waals surface area (Å²) in [6.45, 7) is 7.71. The van der Waals surface area contributed by atoms with E-state index in [4.69, 9.17) is 0 Å². The maximum atomic E-state index is 3.97. The first-order valence-electron chi connectivity index (χ1n) is 6.52. The molecule has 2 atom stereocenters. The van der Waals surface area contributed by atoms with Crippen LogP contribution in [0.15, 0.2) is 0 Å². The van der Waals surface area contributed by atoms with E-state index >= 15 is 0 Å². The summed E-state index contributed by atoms with van der Waals surface area (Å²) in [5, 5.41) is 15.0. The maximum absolute atomic E-state index is 3.97. The quantitative estimate of drug-likeness (QED) is 0.775. The number of likely N-dealkylation sites (tertiary alicyclic amines) is 1. The van der Waals surface area contributed by atoms with Crippen LogP contribution in [-0.4, -0.2) is 57.3 Å². The normalized spacial score (nSPS) is 28.8. The average Bonchev–Trinajstić information content (AvgIpc) is 2.98. The van der Waals surface area contributed by atoms with Crippen molar-refractivity contribution in [2.45, 2.75) is 32.4 Å². The highest BCUT2D eigenvalue weighted by Gasteiger charge is 2.36. The van der Waals surface area contributed by atoms with Crippen LogP contribution in [0.5, 0.6) is 0 Å². The molecule has 17 heavy (non-hydrogen) atoms. The van der Waals surface area contributed by atoms with Crippen LogP contribution in [0.2, 0.25) is 0 Å². The molecule has 0 aromatic carbocycles. The minimum absolute atomic E-state index is 0.782. The molecule has 1 aromatic rings. The molecule has 94 valence electrons. The SMILES string of the molecule is Cc1nnnn1CCCN1CC[C@@H]2CNC[C@@H]21. The molecular weight excluding hydrogens is 216 g/mol. The van der Waals surface area contributed by atoms with Gasteiger partial charge in [-0.2, -0.15) is 0 Å². The van der Waals surface area contributed by atoms with Crippen molar-refractivity contribution in [3.63, 3.8) is 0 Å². The second-order valence-electron chi connectivity index (χ2n) is 5.11. The van der Waals surface area contributed by atoms with E-state index < -0.39 is 0 Å². The molecule has 2 fully saturated rings. The van der Waals surface area contributed by atoms with E-state index in [1.807, 2.05) is 11.6 Å². The van der Waals surface area contributed by atoms with Crippen LogP contribution in [-0.2, 0) is 6.54 Å². The number of hydrogen-bond donors (Lipinski definition) is 1. The van der Waals surface area contributed by atoms with Gasteiger partial charge in [0.05, 0.1) is 0 Å². The Labute approximate surface area is 101 Å². The second-order valence-corrected chi connectivity index (χ2v) is 5.11. The van der Waals surface area contributed by atoms with Gasteiger partial charge in [-0.05, 0) is 49.2 Å². The minimum Gasteiger partial charge on any atom is -0.315 e. The molecule has 3 rings (SSSR count). The van der Waals surface area contributed by atoms with Crippen LogP contribution in [0, 0.1) is 12.8 Å². The molecule has 0 amide bonds. The Kier molecular flexibility index (Phi) is 3.07. The van der Waals surface area contributed by atoms with Crippen molar-refractivity contribution in [1.82, 2.24) is 30.4 Å². The van der Waals surface area contributed by atoms with Crippen LogP contribution in [0.3, 0.4) is 0 Å². The molecule has 0 radical (unpaired) electrons. The molecule has 0 saturated carbocycles. The lowest BCUT2D eigenvalue weighted by Crippen LogP contribution is -2.35. The smallest absolute Gasteiger partial charge is 0.148 e. The molecule has 1 N–H and O–H groups in total. The second kappa shape index (κ2) is 4.70. The number of hydrogen-bond acceptors (Lipinski definition) is 5. The fourth-order valence-electron chi connectivity index (χ4n) is 3.10. The van der Waals surface area contributed by atoms with Crippen molar-refractivity contribution in [2.75, 3.05) is 26.2 Å². The van der Waals surface area contributed by atoms with Crippen molar-refractivity contribution >= 4 is 0 Å². The lowest BCUT2D eigenvalue weighted by Gasteiger charge is -2.22. The number of aryl methyl sites for hydroxylation is 2. The molecule has 6 nitrogen and oxygen atoms in total.